The number of imidazole rings is 1. The quantitative estimate of drug-likeness (QED) is 0.152. The van der Waals surface area contributed by atoms with Crippen LogP contribution >= 0.6 is 0 Å². The molecule has 0 N–H and O–H groups in total. The van der Waals surface area contributed by atoms with Crippen molar-refractivity contribution >= 4 is 77.5 Å². The summed E-state index contributed by atoms with van der Waals surface area (Å²) in [5, 5.41) is 9.04. The number of para-hydroxylation sites is 6. The number of aromatic nitrogens is 3. The van der Waals surface area contributed by atoms with E-state index in [1.165, 1.54) is 70.8 Å². The monoisotopic (exact) mass is 894 g/mol. The van der Waals surface area contributed by atoms with E-state index < -0.39 is 0 Å². The second kappa shape index (κ2) is 16.1. The maximum Gasteiger partial charge on any atom is 0.145 e. The van der Waals surface area contributed by atoms with E-state index in [2.05, 4.69) is 270 Å². The first-order valence-electron chi connectivity index (χ1n) is 24.3. The van der Waals surface area contributed by atoms with E-state index in [9.17, 15) is 0 Å². The summed E-state index contributed by atoms with van der Waals surface area (Å²) in [7, 11) is 0. The lowest BCUT2D eigenvalue weighted by molar-refractivity contribution is 0.653. The van der Waals surface area contributed by atoms with Crippen LogP contribution in [0.3, 0.4) is 0 Å². The molecule has 4 heteroatoms. The summed E-state index contributed by atoms with van der Waals surface area (Å²) >= 11 is 0. The highest BCUT2D eigenvalue weighted by Gasteiger charge is 2.28. The van der Waals surface area contributed by atoms with E-state index in [1.54, 1.807) is 0 Å². The predicted molar refractivity (Wildman–Crippen MR) is 293 cm³/mol. The zero-order valence-electron chi connectivity index (χ0n) is 38.6. The summed E-state index contributed by atoms with van der Waals surface area (Å²) in [5.41, 5.74) is 16.3. The Morgan fingerprint density at radius 1 is 0.429 bits per heavy atom. The van der Waals surface area contributed by atoms with Gasteiger partial charge in [-0.05, 0) is 140 Å². The summed E-state index contributed by atoms with van der Waals surface area (Å²) in [6.07, 6.45) is 2.49. The number of hydrogen-bond acceptors (Lipinski definition) is 2. The fourth-order valence-corrected chi connectivity index (χ4v) is 11.7. The molecule has 0 aliphatic heterocycles. The molecule has 11 aromatic carbocycles. The number of nitrogens with zero attached hydrogens (tertiary/aromatic N) is 4. The largest absolute Gasteiger partial charge is 0.310 e. The molecule has 0 spiro atoms. The topological polar surface area (TPSA) is 26.0 Å². The molecule has 330 valence electrons. The van der Waals surface area contributed by atoms with Crippen molar-refractivity contribution in [2.24, 2.45) is 5.92 Å². The third-order valence-corrected chi connectivity index (χ3v) is 14.8. The molecule has 0 amide bonds. The average molecular weight is 895 g/mol. The van der Waals surface area contributed by atoms with Crippen LogP contribution in [0, 0.1) is 5.92 Å². The number of benzene rings is 11. The molecule has 14 rings (SSSR count). The molecule has 4 nitrogen and oxygen atoms in total. The van der Waals surface area contributed by atoms with E-state index in [0.717, 1.165) is 50.9 Å². The highest BCUT2D eigenvalue weighted by molar-refractivity contribution is 6.17. The molecule has 13 aromatic rings. The van der Waals surface area contributed by atoms with Gasteiger partial charge in [-0.1, -0.05) is 171 Å². The lowest BCUT2D eigenvalue weighted by Crippen LogP contribution is -2.21. The summed E-state index contributed by atoms with van der Waals surface area (Å²) in [5.74, 6) is 1.48. The first kappa shape index (κ1) is 40.1. The van der Waals surface area contributed by atoms with Crippen LogP contribution in [0.15, 0.2) is 243 Å². The van der Waals surface area contributed by atoms with Crippen molar-refractivity contribution in [1.82, 2.24) is 14.1 Å². The van der Waals surface area contributed by atoms with Crippen molar-refractivity contribution < 1.29 is 0 Å². The number of anilines is 3. The van der Waals surface area contributed by atoms with Crippen molar-refractivity contribution in [3.8, 4) is 33.9 Å². The first-order valence-corrected chi connectivity index (χ1v) is 24.3. The molecule has 0 saturated carbocycles. The molecular weight excluding hydrogens is 849 g/mol. The van der Waals surface area contributed by atoms with E-state index in [1.807, 2.05) is 0 Å². The van der Waals surface area contributed by atoms with Crippen LogP contribution in [0.4, 0.5) is 17.1 Å². The molecule has 2 unspecified atom stereocenters. The summed E-state index contributed by atoms with van der Waals surface area (Å²) in [4.78, 5) is 7.54. The summed E-state index contributed by atoms with van der Waals surface area (Å²) in [6.45, 7) is 2.37. The van der Waals surface area contributed by atoms with Crippen LogP contribution in [-0.4, -0.2) is 14.1 Å². The van der Waals surface area contributed by atoms with Gasteiger partial charge in [-0.15, -0.1) is 0 Å². The molecule has 1 aliphatic rings. The van der Waals surface area contributed by atoms with Crippen molar-refractivity contribution in [3.05, 3.63) is 259 Å². The van der Waals surface area contributed by atoms with Gasteiger partial charge in [-0.2, -0.15) is 0 Å². The van der Waals surface area contributed by atoms with Crippen LogP contribution in [0.2, 0.25) is 0 Å². The van der Waals surface area contributed by atoms with Gasteiger partial charge in [0.25, 0.3) is 0 Å². The van der Waals surface area contributed by atoms with E-state index in [-0.39, 0.29) is 5.92 Å². The minimum Gasteiger partial charge on any atom is -0.310 e. The average Bonchev–Trinajstić information content (AvgIpc) is 3.97. The van der Waals surface area contributed by atoms with E-state index in [0.29, 0.717) is 5.92 Å². The number of hydrogen-bond donors (Lipinski definition) is 0. The SMILES string of the molecule is CC1C=c2ccc3c(-c4ccc(N(c5ccccc5)c5ccc6c(c5)c5ccccc5n6-c5ccccc5)cc4)ccc4ccc(c2c43)C1c1ccc(-c2nc3ccccc3n2-c2ccccc2)cc1. The third-order valence-electron chi connectivity index (χ3n) is 14.8. The Morgan fingerprint density at radius 3 is 1.81 bits per heavy atom. The Morgan fingerprint density at radius 2 is 1.04 bits per heavy atom. The molecule has 2 atom stereocenters. The Bertz CT molecular complexity index is 4170. The molecule has 0 bridgehead atoms. The Balaban J connectivity index is 0.838. The fourth-order valence-electron chi connectivity index (χ4n) is 11.7. The minimum absolute atomic E-state index is 0.213. The normalized spacial score (nSPS) is 14.5. The molecule has 0 radical (unpaired) electrons. The van der Waals surface area contributed by atoms with Crippen LogP contribution < -0.4 is 10.1 Å². The molecule has 0 fully saturated rings. The lowest BCUT2D eigenvalue weighted by atomic mass is 9.74. The second-order valence-electron chi connectivity index (χ2n) is 18.8. The van der Waals surface area contributed by atoms with Gasteiger partial charge < -0.3 is 9.47 Å². The molecule has 2 heterocycles. The predicted octanol–water partition coefficient (Wildman–Crippen LogP) is 16.5. The highest BCUT2D eigenvalue weighted by atomic mass is 15.1. The summed E-state index contributed by atoms with van der Waals surface area (Å²) in [6, 6.07) is 88.4. The molecule has 0 saturated heterocycles. The molecular formula is C66H46N4. The van der Waals surface area contributed by atoms with Crippen molar-refractivity contribution in [2.75, 3.05) is 4.90 Å². The van der Waals surface area contributed by atoms with Gasteiger partial charge >= 0.3 is 0 Å². The maximum atomic E-state index is 5.16. The number of fused-ring (bicyclic) bond motifs is 4. The van der Waals surface area contributed by atoms with Crippen molar-refractivity contribution in [1.29, 1.82) is 0 Å². The lowest BCUT2D eigenvalue weighted by Gasteiger charge is -2.29. The minimum atomic E-state index is 0.213. The van der Waals surface area contributed by atoms with Crippen LogP contribution in [0.5, 0.6) is 0 Å². The standard InChI is InChI=1S/C66H46N4/c1-43-41-48-33-38-56-54(37-31-46-32-39-57(65(48)64(46)56)63(43)45-25-27-47(28-26-45)66-67-59-22-12-14-24-62(59)70(66)51-19-9-4-10-20-51)44-29-34-52(35-30-44)68(49-15-5-2-6-16-49)53-36-40-61-58(42-53)55-21-11-13-23-60(55)69(61)50-17-7-3-8-18-50/h2-43,63H,1H3. The van der Waals surface area contributed by atoms with Gasteiger partial charge in [0.15, 0.2) is 0 Å². The Hall–Kier alpha value is -8.99. The van der Waals surface area contributed by atoms with E-state index >= 15 is 0 Å². The van der Waals surface area contributed by atoms with Gasteiger partial charge in [0.05, 0.1) is 22.1 Å². The van der Waals surface area contributed by atoms with Crippen LogP contribution in [0.1, 0.15) is 24.0 Å². The second-order valence-corrected chi connectivity index (χ2v) is 18.8. The smallest absolute Gasteiger partial charge is 0.145 e. The Labute approximate surface area is 406 Å². The summed E-state index contributed by atoms with van der Waals surface area (Å²) < 4.78 is 4.65. The van der Waals surface area contributed by atoms with Gasteiger partial charge in [0, 0.05) is 50.7 Å². The third kappa shape index (κ3) is 6.34. The number of rotatable bonds is 8. The molecule has 2 aromatic heterocycles. The molecule has 1 aliphatic carbocycles. The highest BCUT2D eigenvalue weighted by Crippen LogP contribution is 2.45. The van der Waals surface area contributed by atoms with Gasteiger partial charge in [0.2, 0.25) is 0 Å². The van der Waals surface area contributed by atoms with Crippen molar-refractivity contribution in [2.45, 2.75) is 12.8 Å². The van der Waals surface area contributed by atoms with Gasteiger partial charge in [-0.3, -0.25) is 4.57 Å². The van der Waals surface area contributed by atoms with Gasteiger partial charge in [0.1, 0.15) is 5.82 Å². The maximum absolute atomic E-state index is 5.16. The Kier molecular flexibility index (Phi) is 9.21. The fraction of sp³-hybridized carbons (Fsp3) is 0.0455. The van der Waals surface area contributed by atoms with Crippen LogP contribution in [-0.2, 0) is 0 Å². The molecule has 70 heavy (non-hydrogen) atoms. The van der Waals surface area contributed by atoms with Crippen LogP contribution in [0.25, 0.3) is 94.3 Å². The van der Waals surface area contributed by atoms with Crippen molar-refractivity contribution in [3.63, 3.8) is 0 Å². The van der Waals surface area contributed by atoms with E-state index in [4.69, 9.17) is 4.98 Å². The zero-order chi connectivity index (χ0) is 46.3. The van der Waals surface area contributed by atoms with Gasteiger partial charge in [-0.25, -0.2) is 4.98 Å². The zero-order valence-corrected chi connectivity index (χ0v) is 38.6. The first-order chi connectivity index (χ1) is 34.6.